The average Bonchev–Trinajstić information content (AvgIpc) is 2.69. The molecule has 0 aromatic heterocycles. The summed E-state index contributed by atoms with van der Waals surface area (Å²) in [6.07, 6.45) is -7.70. The minimum atomic E-state index is -1.70. The molecule has 1 fully saturated rings. The van der Waals surface area contributed by atoms with E-state index in [0.717, 1.165) is 13.2 Å². The summed E-state index contributed by atoms with van der Waals surface area (Å²) in [5.74, 6) is -1.76. The monoisotopic (exact) mass is 396 g/mol. The maximum absolute atomic E-state index is 12.0. The molecule has 3 rings (SSSR count). The number of aliphatic hydroxyl groups excluding tert-OH is 4. The van der Waals surface area contributed by atoms with Crippen LogP contribution in [0.4, 0.5) is 0 Å². The number of benzene rings is 2. The molecule has 0 amide bonds. The average molecular weight is 396 g/mol. The fraction of sp³-hybridized carbons (Fsp3) is 0.389. The van der Waals surface area contributed by atoms with E-state index in [1.54, 1.807) is 0 Å². The van der Waals surface area contributed by atoms with Crippen molar-refractivity contribution in [3.05, 3.63) is 29.8 Å². The van der Waals surface area contributed by atoms with Gasteiger partial charge in [0.15, 0.2) is 0 Å². The Morgan fingerprint density at radius 3 is 2.50 bits per heavy atom. The van der Waals surface area contributed by atoms with E-state index in [-0.39, 0.29) is 27.8 Å². The molecule has 152 valence electrons. The number of rotatable bonds is 4. The number of phenols is 2. The molecule has 2 aromatic carbocycles. The minimum Gasteiger partial charge on any atom is -0.507 e. The quantitative estimate of drug-likeness (QED) is 0.361. The molecule has 0 saturated carbocycles. The highest BCUT2D eigenvalue weighted by Crippen LogP contribution is 2.42. The van der Waals surface area contributed by atoms with Crippen LogP contribution in [-0.4, -0.2) is 81.0 Å². The highest BCUT2D eigenvalue weighted by atomic mass is 16.7. The Balaban J connectivity index is 2.09. The summed E-state index contributed by atoms with van der Waals surface area (Å²) in [4.78, 5) is 12.0. The van der Waals surface area contributed by atoms with Gasteiger partial charge in [0.2, 0.25) is 6.29 Å². The van der Waals surface area contributed by atoms with Crippen molar-refractivity contribution >= 4 is 16.7 Å². The van der Waals surface area contributed by atoms with Crippen LogP contribution >= 0.6 is 0 Å². The maximum Gasteiger partial charge on any atom is 0.341 e. The minimum absolute atomic E-state index is 0.0182. The van der Waals surface area contributed by atoms with Crippen LogP contribution < -0.4 is 4.74 Å². The van der Waals surface area contributed by atoms with Gasteiger partial charge in [-0.1, -0.05) is 12.1 Å². The zero-order valence-electron chi connectivity index (χ0n) is 14.7. The van der Waals surface area contributed by atoms with Gasteiger partial charge in [-0.3, -0.25) is 0 Å². The van der Waals surface area contributed by atoms with Gasteiger partial charge in [-0.25, -0.2) is 4.79 Å². The van der Waals surface area contributed by atoms with Gasteiger partial charge in [0.1, 0.15) is 47.2 Å². The van der Waals surface area contributed by atoms with Crippen molar-refractivity contribution in [1.29, 1.82) is 0 Å². The second-order valence-electron chi connectivity index (χ2n) is 6.28. The molecule has 0 unspecified atom stereocenters. The molecule has 1 aliphatic heterocycles. The summed E-state index contributed by atoms with van der Waals surface area (Å²) < 4.78 is 15.5. The molecule has 0 radical (unpaired) electrons. The van der Waals surface area contributed by atoms with Crippen LogP contribution in [-0.2, 0) is 9.47 Å². The lowest BCUT2D eigenvalue weighted by molar-refractivity contribution is -0.277. The smallest absolute Gasteiger partial charge is 0.341 e. The Labute approximate surface area is 158 Å². The number of carbonyl (C=O) groups excluding carboxylic acids is 1. The maximum atomic E-state index is 12.0. The molecule has 10 nitrogen and oxygen atoms in total. The van der Waals surface area contributed by atoms with Crippen LogP contribution in [0.3, 0.4) is 0 Å². The second kappa shape index (κ2) is 7.78. The fourth-order valence-corrected chi connectivity index (χ4v) is 3.06. The van der Waals surface area contributed by atoms with E-state index in [4.69, 9.17) is 9.47 Å². The zero-order chi connectivity index (χ0) is 20.6. The molecule has 10 heteroatoms. The Morgan fingerprint density at radius 2 is 1.86 bits per heavy atom. The Hall–Kier alpha value is -2.63. The summed E-state index contributed by atoms with van der Waals surface area (Å²) in [7, 11) is 1.12. The van der Waals surface area contributed by atoms with Crippen LogP contribution in [0.25, 0.3) is 10.8 Å². The molecule has 2 aromatic rings. The predicted molar refractivity (Wildman–Crippen MR) is 93.0 cm³/mol. The molecule has 0 spiro atoms. The summed E-state index contributed by atoms with van der Waals surface area (Å²) in [5.41, 5.74) is -0.264. The van der Waals surface area contributed by atoms with E-state index < -0.39 is 49.0 Å². The SMILES string of the molecule is COC(=O)c1cc(O[C@@H]2O[C@H](CO)[C@@H](O)[C@H](O)[C@H]2O)c2c(O)cccc2c1O. The van der Waals surface area contributed by atoms with Crippen molar-refractivity contribution in [3.8, 4) is 17.2 Å². The first kappa shape index (κ1) is 20.1. The Bertz CT molecular complexity index is 880. The van der Waals surface area contributed by atoms with Crippen LogP contribution in [0.5, 0.6) is 17.2 Å². The fourth-order valence-electron chi connectivity index (χ4n) is 3.06. The number of fused-ring (bicyclic) bond motifs is 1. The first-order chi connectivity index (χ1) is 13.3. The van der Waals surface area contributed by atoms with E-state index in [0.29, 0.717) is 0 Å². The Morgan fingerprint density at radius 1 is 1.14 bits per heavy atom. The third-order valence-corrected chi connectivity index (χ3v) is 4.57. The van der Waals surface area contributed by atoms with Gasteiger partial charge in [0, 0.05) is 5.39 Å². The van der Waals surface area contributed by atoms with Crippen molar-refractivity contribution in [2.75, 3.05) is 13.7 Å². The summed E-state index contributed by atoms with van der Waals surface area (Å²) in [5, 5.41) is 59.9. The topological polar surface area (TPSA) is 166 Å². The normalized spacial score (nSPS) is 27.5. The number of methoxy groups -OCH3 is 1. The Kier molecular flexibility index (Phi) is 5.59. The molecular formula is C18H20O10. The van der Waals surface area contributed by atoms with Crippen molar-refractivity contribution in [2.24, 2.45) is 0 Å². The molecule has 1 saturated heterocycles. The van der Waals surface area contributed by atoms with E-state index in [1.165, 1.54) is 18.2 Å². The van der Waals surface area contributed by atoms with E-state index >= 15 is 0 Å². The van der Waals surface area contributed by atoms with Crippen molar-refractivity contribution in [1.82, 2.24) is 0 Å². The zero-order valence-corrected chi connectivity index (χ0v) is 14.7. The van der Waals surface area contributed by atoms with Gasteiger partial charge >= 0.3 is 5.97 Å². The van der Waals surface area contributed by atoms with Gasteiger partial charge in [-0.2, -0.15) is 0 Å². The standard InChI is InChI=1S/C18H20O10/c1-26-17(25)8-5-10(12-7(13(8)21)3-2-4-9(12)20)27-18-16(24)15(23)14(22)11(6-19)28-18/h2-5,11,14-16,18-24H,6H2,1H3/t11-,14-,15+,16-,18-/m1/s1. The van der Waals surface area contributed by atoms with E-state index in [2.05, 4.69) is 4.74 Å². The molecule has 0 aliphatic carbocycles. The molecule has 28 heavy (non-hydrogen) atoms. The molecule has 1 heterocycles. The lowest BCUT2D eigenvalue weighted by atomic mass is 9.99. The summed E-state index contributed by atoms with van der Waals surface area (Å²) >= 11 is 0. The molecular weight excluding hydrogens is 376 g/mol. The number of esters is 1. The number of aliphatic hydroxyl groups is 4. The van der Waals surface area contributed by atoms with Crippen LogP contribution in [0.1, 0.15) is 10.4 Å². The van der Waals surface area contributed by atoms with Gasteiger partial charge in [0.05, 0.1) is 19.1 Å². The first-order valence-corrected chi connectivity index (χ1v) is 8.33. The van der Waals surface area contributed by atoms with E-state index in [9.17, 15) is 35.4 Å². The number of hydrogen-bond donors (Lipinski definition) is 6. The lowest BCUT2D eigenvalue weighted by Crippen LogP contribution is -2.60. The van der Waals surface area contributed by atoms with Crippen molar-refractivity contribution in [2.45, 2.75) is 30.7 Å². The number of carbonyl (C=O) groups is 1. The van der Waals surface area contributed by atoms with Crippen LogP contribution in [0.15, 0.2) is 24.3 Å². The van der Waals surface area contributed by atoms with Gasteiger partial charge < -0.3 is 44.8 Å². The van der Waals surface area contributed by atoms with Crippen LogP contribution in [0.2, 0.25) is 0 Å². The summed E-state index contributed by atoms with van der Waals surface area (Å²) in [6.45, 7) is -0.653. The van der Waals surface area contributed by atoms with Gasteiger partial charge in [0.25, 0.3) is 0 Å². The number of aromatic hydroxyl groups is 2. The largest absolute Gasteiger partial charge is 0.507 e. The van der Waals surface area contributed by atoms with Gasteiger partial charge in [-0.05, 0) is 12.1 Å². The molecule has 6 N–H and O–H groups in total. The van der Waals surface area contributed by atoms with E-state index in [1.807, 2.05) is 0 Å². The number of phenolic OH excluding ortho intramolecular Hbond substituents is 2. The molecule has 5 atom stereocenters. The molecule has 0 bridgehead atoms. The number of ether oxygens (including phenoxy) is 3. The third-order valence-electron chi connectivity index (χ3n) is 4.57. The van der Waals surface area contributed by atoms with Gasteiger partial charge in [-0.15, -0.1) is 0 Å². The number of hydrogen-bond acceptors (Lipinski definition) is 10. The third kappa shape index (κ3) is 3.32. The summed E-state index contributed by atoms with van der Waals surface area (Å²) in [6, 6.07) is 5.28. The van der Waals surface area contributed by atoms with Crippen LogP contribution in [0, 0.1) is 0 Å². The predicted octanol–water partition coefficient (Wildman–Crippen LogP) is -0.784. The molecule has 1 aliphatic rings. The lowest BCUT2D eigenvalue weighted by Gasteiger charge is -2.39. The highest BCUT2D eigenvalue weighted by Gasteiger charge is 2.45. The van der Waals surface area contributed by atoms with Crippen molar-refractivity contribution < 1.29 is 49.6 Å². The second-order valence-corrected chi connectivity index (χ2v) is 6.28. The highest BCUT2D eigenvalue weighted by molar-refractivity contribution is 6.05. The first-order valence-electron chi connectivity index (χ1n) is 8.33. The van der Waals surface area contributed by atoms with Crippen molar-refractivity contribution in [3.63, 3.8) is 0 Å².